The molecule has 1 fully saturated rings. The second kappa shape index (κ2) is 8.19. The zero-order valence-electron chi connectivity index (χ0n) is 17.0. The van der Waals surface area contributed by atoms with Crippen molar-refractivity contribution in [2.24, 2.45) is 0 Å². The van der Waals surface area contributed by atoms with E-state index in [1.165, 1.54) is 35.0 Å². The molecule has 1 N–H and O–H groups in total. The van der Waals surface area contributed by atoms with Crippen LogP contribution < -0.4 is 10.9 Å². The maximum Gasteiger partial charge on any atom is 0.267 e. The minimum absolute atomic E-state index is 0.0171. The third kappa shape index (κ3) is 3.58. The SMILES string of the molecule is CC(Sc1nc2sc3c(c2c(=O)n1-c1ccccc1)CCC3)C(=O)NC1CCCC1. The van der Waals surface area contributed by atoms with Crippen LogP contribution in [0.3, 0.4) is 0 Å². The minimum Gasteiger partial charge on any atom is -0.352 e. The fourth-order valence-electron chi connectivity index (χ4n) is 4.51. The first-order valence-corrected chi connectivity index (χ1v) is 12.4. The number of nitrogens with one attached hydrogen (secondary N) is 1. The highest BCUT2D eigenvalue weighted by Crippen LogP contribution is 2.36. The number of rotatable bonds is 5. The Labute approximate surface area is 183 Å². The van der Waals surface area contributed by atoms with Gasteiger partial charge in [-0.15, -0.1) is 11.3 Å². The standard InChI is InChI=1S/C23H25N3O2S2/c1-14(20(27)24-15-8-5-6-9-15)29-23-25-21-19(17-12-7-13-18(17)30-21)22(28)26(23)16-10-3-2-4-11-16/h2-4,10-11,14-15H,5-9,12-13H2,1H3,(H,24,27). The fourth-order valence-corrected chi connectivity index (χ4v) is 6.75. The van der Waals surface area contributed by atoms with Crippen LogP contribution in [-0.2, 0) is 17.6 Å². The zero-order valence-corrected chi connectivity index (χ0v) is 18.7. The Morgan fingerprint density at radius 3 is 2.73 bits per heavy atom. The van der Waals surface area contributed by atoms with E-state index < -0.39 is 0 Å². The second-order valence-electron chi connectivity index (χ2n) is 8.16. The van der Waals surface area contributed by atoms with Gasteiger partial charge in [-0.25, -0.2) is 4.98 Å². The predicted molar refractivity (Wildman–Crippen MR) is 123 cm³/mol. The molecular formula is C23H25N3O2S2. The molecular weight excluding hydrogens is 414 g/mol. The van der Waals surface area contributed by atoms with Gasteiger partial charge in [-0.05, 0) is 56.7 Å². The Kier molecular flexibility index (Phi) is 5.41. The van der Waals surface area contributed by atoms with Crippen molar-refractivity contribution in [3.05, 3.63) is 51.1 Å². The molecule has 0 spiro atoms. The van der Waals surface area contributed by atoms with Crippen LogP contribution in [0.1, 0.15) is 49.5 Å². The molecule has 3 aromatic rings. The molecule has 0 saturated heterocycles. The van der Waals surface area contributed by atoms with E-state index in [-0.39, 0.29) is 22.8 Å². The van der Waals surface area contributed by atoms with Crippen LogP contribution >= 0.6 is 23.1 Å². The number of aryl methyl sites for hydroxylation is 2. The lowest BCUT2D eigenvalue weighted by Crippen LogP contribution is -2.38. The smallest absolute Gasteiger partial charge is 0.267 e. The van der Waals surface area contributed by atoms with Crippen LogP contribution in [0.2, 0.25) is 0 Å². The Bertz CT molecular complexity index is 1150. The Morgan fingerprint density at radius 1 is 1.20 bits per heavy atom. The molecule has 1 amide bonds. The van der Waals surface area contributed by atoms with Crippen molar-refractivity contribution < 1.29 is 4.79 Å². The van der Waals surface area contributed by atoms with Crippen LogP contribution in [0.4, 0.5) is 0 Å². The number of thioether (sulfide) groups is 1. The maximum absolute atomic E-state index is 13.6. The number of amides is 1. The average Bonchev–Trinajstić information content (AvgIpc) is 3.46. The van der Waals surface area contributed by atoms with E-state index in [9.17, 15) is 9.59 Å². The van der Waals surface area contributed by atoms with E-state index >= 15 is 0 Å². The number of benzene rings is 1. The number of para-hydroxylation sites is 1. The van der Waals surface area contributed by atoms with Crippen molar-refractivity contribution in [3.63, 3.8) is 0 Å². The highest BCUT2D eigenvalue weighted by atomic mass is 32.2. The van der Waals surface area contributed by atoms with E-state index in [1.807, 2.05) is 37.3 Å². The summed E-state index contributed by atoms with van der Waals surface area (Å²) in [6.07, 6.45) is 7.57. The molecule has 1 atom stereocenters. The van der Waals surface area contributed by atoms with Gasteiger partial charge in [0.1, 0.15) is 4.83 Å². The maximum atomic E-state index is 13.6. The molecule has 1 aromatic carbocycles. The highest BCUT2D eigenvalue weighted by Gasteiger charge is 2.27. The summed E-state index contributed by atoms with van der Waals surface area (Å²) < 4.78 is 1.69. The summed E-state index contributed by atoms with van der Waals surface area (Å²) in [4.78, 5) is 33.4. The first-order valence-electron chi connectivity index (χ1n) is 10.7. The van der Waals surface area contributed by atoms with E-state index in [2.05, 4.69) is 5.32 Å². The quantitative estimate of drug-likeness (QED) is 0.470. The van der Waals surface area contributed by atoms with Gasteiger partial charge in [-0.3, -0.25) is 14.2 Å². The van der Waals surface area contributed by atoms with Crippen molar-refractivity contribution in [2.45, 2.75) is 68.3 Å². The van der Waals surface area contributed by atoms with E-state index in [0.29, 0.717) is 5.16 Å². The van der Waals surface area contributed by atoms with E-state index in [4.69, 9.17) is 4.98 Å². The van der Waals surface area contributed by atoms with Gasteiger partial charge in [0, 0.05) is 10.9 Å². The van der Waals surface area contributed by atoms with Crippen molar-refractivity contribution in [1.82, 2.24) is 14.9 Å². The topological polar surface area (TPSA) is 64.0 Å². The Balaban J connectivity index is 1.55. The van der Waals surface area contributed by atoms with Crippen LogP contribution in [0, 0.1) is 0 Å². The summed E-state index contributed by atoms with van der Waals surface area (Å²) in [5, 5.41) is 4.20. The van der Waals surface area contributed by atoms with E-state index in [0.717, 1.165) is 48.0 Å². The van der Waals surface area contributed by atoms with E-state index in [1.54, 1.807) is 15.9 Å². The van der Waals surface area contributed by atoms with Gasteiger partial charge in [-0.1, -0.05) is 42.8 Å². The molecule has 0 bridgehead atoms. The number of carbonyl (C=O) groups excluding carboxylic acids is 1. The molecule has 7 heteroatoms. The number of fused-ring (bicyclic) bond motifs is 3. The first-order chi connectivity index (χ1) is 14.6. The van der Waals surface area contributed by atoms with Crippen molar-refractivity contribution in [3.8, 4) is 5.69 Å². The fraction of sp³-hybridized carbons (Fsp3) is 0.435. The molecule has 5 nitrogen and oxygen atoms in total. The normalized spacial score (nSPS) is 17.4. The molecule has 0 radical (unpaired) electrons. The Morgan fingerprint density at radius 2 is 1.97 bits per heavy atom. The summed E-state index contributed by atoms with van der Waals surface area (Å²) in [7, 11) is 0. The number of nitrogens with zero attached hydrogens (tertiary/aromatic N) is 2. The number of carbonyl (C=O) groups is 1. The van der Waals surface area contributed by atoms with Crippen molar-refractivity contribution >= 4 is 39.2 Å². The third-order valence-corrected chi connectivity index (χ3v) is 8.31. The lowest BCUT2D eigenvalue weighted by atomic mass is 10.2. The van der Waals surface area contributed by atoms with Crippen LogP contribution in [-0.4, -0.2) is 26.8 Å². The van der Waals surface area contributed by atoms with Crippen LogP contribution in [0.5, 0.6) is 0 Å². The van der Waals surface area contributed by atoms with Gasteiger partial charge in [0.15, 0.2) is 5.16 Å². The van der Waals surface area contributed by atoms with Crippen LogP contribution in [0.25, 0.3) is 15.9 Å². The third-order valence-electron chi connectivity index (χ3n) is 6.08. The first kappa shape index (κ1) is 19.8. The van der Waals surface area contributed by atoms with Gasteiger partial charge in [-0.2, -0.15) is 0 Å². The lowest BCUT2D eigenvalue weighted by molar-refractivity contribution is -0.120. The molecule has 30 heavy (non-hydrogen) atoms. The predicted octanol–water partition coefficient (Wildman–Crippen LogP) is 4.48. The average molecular weight is 440 g/mol. The molecule has 0 aliphatic heterocycles. The molecule has 1 unspecified atom stereocenters. The second-order valence-corrected chi connectivity index (χ2v) is 10.5. The van der Waals surface area contributed by atoms with Gasteiger partial charge in [0.05, 0.1) is 16.3 Å². The zero-order chi connectivity index (χ0) is 20.7. The number of hydrogen-bond donors (Lipinski definition) is 1. The Hall–Kier alpha value is -2.12. The largest absolute Gasteiger partial charge is 0.352 e. The monoisotopic (exact) mass is 439 g/mol. The number of thiophene rings is 1. The van der Waals surface area contributed by atoms with Crippen molar-refractivity contribution in [1.29, 1.82) is 0 Å². The summed E-state index contributed by atoms with van der Waals surface area (Å²) >= 11 is 3.01. The molecule has 1 saturated carbocycles. The summed E-state index contributed by atoms with van der Waals surface area (Å²) in [5.41, 5.74) is 1.96. The minimum atomic E-state index is -0.322. The van der Waals surface area contributed by atoms with Gasteiger partial charge < -0.3 is 5.32 Å². The van der Waals surface area contributed by atoms with Gasteiger partial charge in [0.25, 0.3) is 5.56 Å². The number of aromatic nitrogens is 2. The molecule has 156 valence electrons. The van der Waals surface area contributed by atoms with Gasteiger partial charge >= 0.3 is 0 Å². The summed E-state index contributed by atoms with van der Waals surface area (Å²) in [6, 6.07) is 9.92. The van der Waals surface area contributed by atoms with Crippen LogP contribution in [0.15, 0.2) is 40.3 Å². The van der Waals surface area contributed by atoms with Crippen molar-refractivity contribution in [2.75, 3.05) is 0 Å². The number of hydrogen-bond acceptors (Lipinski definition) is 5. The lowest BCUT2D eigenvalue weighted by Gasteiger charge is -2.18. The summed E-state index contributed by atoms with van der Waals surface area (Å²) in [6.45, 7) is 1.90. The molecule has 5 rings (SSSR count). The summed E-state index contributed by atoms with van der Waals surface area (Å²) in [5.74, 6) is 0.0227. The molecule has 2 heterocycles. The molecule has 2 aromatic heterocycles. The molecule has 2 aliphatic rings. The van der Waals surface area contributed by atoms with Gasteiger partial charge in [0.2, 0.25) is 5.91 Å². The molecule has 2 aliphatic carbocycles. The highest BCUT2D eigenvalue weighted by molar-refractivity contribution is 8.00.